The Morgan fingerprint density at radius 2 is 1.93 bits per heavy atom. The van der Waals surface area contributed by atoms with Crippen LogP contribution < -0.4 is 5.32 Å². The zero-order chi connectivity index (χ0) is 11.5. The van der Waals surface area contributed by atoms with E-state index in [0.29, 0.717) is 6.42 Å². The molecule has 15 heavy (non-hydrogen) atoms. The maximum Gasteiger partial charge on any atom is 0.226 e. The van der Waals surface area contributed by atoms with E-state index in [9.17, 15) is 9.90 Å². The third-order valence-electron chi connectivity index (χ3n) is 5.63. The van der Waals surface area contributed by atoms with Crippen molar-refractivity contribution in [3.8, 4) is 0 Å². The van der Waals surface area contributed by atoms with E-state index in [0.717, 1.165) is 12.8 Å². The van der Waals surface area contributed by atoms with Crippen molar-refractivity contribution in [3.05, 3.63) is 0 Å². The molecule has 2 rings (SSSR count). The summed E-state index contributed by atoms with van der Waals surface area (Å²) < 4.78 is 0. The lowest BCUT2D eigenvalue weighted by Gasteiger charge is -2.39. The molecule has 2 N–H and O–H groups in total. The zero-order valence-corrected chi connectivity index (χ0v) is 10.1. The van der Waals surface area contributed by atoms with Crippen LogP contribution in [-0.4, -0.2) is 24.2 Å². The molecular formula is C12H21NO2. The molecule has 2 aliphatic rings. The van der Waals surface area contributed by atoms with Crippen LogP contribution in [0.5, 0.6) is 0 Å². The van der Waals surface area contributed by atoms with Gasteiger partial charge >= 0.3 is 0 Å². The normalized spacial score (nSPS) is 46.9. The lowest BCUT2D eigenvalue weighted by atomic mass is 9.64. The average Bonchev–Trinajstić information content (AvgIpc) is 2.47. The second kappa shape index (κ2) is 2.76. The zero-order valence-electron chi connectivity index (χ0n) is 10.1. The predicted molar refractivity (Wildman–Crippen MR) is 58.2 cm³/mol. The molecule has 3 atom stereocenters. The molecule has 1 amide bonds. The summed E-state index contributed by atoms with van der Waals surface area (Å²) in [5, 5.41) is 12.9. The Labute approximate surface area is 91.2 Å². The molecule has 0 aromatic rings. The molecule has 2 bridgehead atoms. The molecule has 0 heterocycles. The smallest absolute Gasteiger partial charge is 0.226 e. The quantitative estimate of drug-likeness (QED) is 0.687. The first-order valence-electron chi connectivity index (χ1n) is 5.72. The van der Waals surface area contributed by atoms with Crippen LogP contribution in [-0.2, 0) is 4.79 Å². The highest BCUT2D eigenvalue weighted by Gasteiger charge is 2.71. The SMILES string of the molecule is CNC(=O)[C@@]12CC[C@](C)([C@@H](O)C1)C2(C)C. The van der Waals surface area contributed by atoms with Gasteiger partial charge in [0.25, 0.3) is 0 Å². The summed E-state index contributed by atoms with van der Waals surface area (Å²) in [5.74, 6) is 0.104. The Morgan fingerprint density at radius 1 is 1.33 bits per heavy atom. The summed E-state index contributed by atoms with van der Waals surface area (Å²) in [5.41, 5.74) is -0.561. The molecule has 3 heteroatoms. The Balaban J connectivity index is 2.49. The minimum Gasteiger partial charge on any atom is -0.393 e. The molecule has 0 aromatic heterocycles. The second-order valence-corrected chi connectivity index (χ2v) is 5.92. The fourth-order valence-corrected chi connectivity index (χ4v) is 3.87. The first kappa shape index (κ1) is 10.9. The van der Waals surface area contributed by atoms with Crippen LogP contribution in [0.4, 0.5) is 0 Å². The highest BCUT2D eigenvalue weighted by Crippen LogP contribution is 2.72. The highest BCUT2D eigenvalue weighted by atomic mass is 16.3. The minimum absolute atomic E-state index is 0.0977. The summed E-state index contributed by atoms with van der Waals surface area (Å²) >= 11 is 0. The van der Waals surface area contributed by atoms with Crippen LogP contribution in [0.3, 0.4) is 0 Å². The van der Waals surface area contributed by atoms with Crippen molar-refractivity contribution in [1.29, 1.82) is 0 Å². The van der Waals surface area contributed by atoms with Gasteiger partial charge in [-0.05, 0) is 30.1 Å². The van der Waals surface area contributed by atoms with Gasteiger partial charge in [-0.1, -0.05) is 20.8 Å². The van der Waals surface area contributed by atoms with Gasteiger partial charge < -0.3 is 10.4 Å². The van der Waals surface area contributed by atoms with Gasteiger partial charge in [-0.3, -0.25) is 4.79 Å². The number of hydrogen-bond donors (Lipinski definition) is 2. The molecule has 2 saturated carbocycles. The Bertz CT molecular complexity index is 313. The van der Waals surface area contributed by atoms with E-state index in [2.05, 4.69) is 26.1 Å². The maximum atomic E-state index is 12.1. The van der Waals surface area contributed by atoms with Gasteiger partial charge in [-0.2, -0.15) is 0 Å². The highest BCUT2D eigenvalue weighted by molar-refractivity contribution is 5.84. The molecule has 86 valence electrons. The van der Waals surface area contributed by atoms with E-state index >= 15 is 0 Å². The van der Waals surface area contributed by atoms with E-state index < -0.39 is 0 Å². The number of aliphatic hydroxyl groups excluding tert-OH is 1. The number of aliphatic hydroxyl groups is 1. The number of fused-ring (bicyclic) bond motifs is 2. The van der Waals surface area contributed by atoms with Crippen LogP contribution in [0.25, 0.3) is 0 Å². The van der Waals surface area contributed by atoms with Crippen LogP contribution in [0.1, 0.15) is 40.0 Å². The van der Waals surface area contributed by atoms with Crippen LogP contribution in [0.15, 0.2) is 0 Å². The lowest BCUT2D eigenvalue weighted by molar-refractivity contribution is -0.135. The Morgan fingerprint density at radius 3 is 2.27 bits per heavy atom. The van der Waals surface area contributed by atoms with Crippen molar-refractivity contribution < 1.29 is 9.90 Å². The predicted octanol–water partition coefficient (Wildman–Crippen LogP) is 1.31. The molecule has 0 aromatic carbocycles. The van der Waals surface area contributed by atoms with Crippen molar-refractivity contribution in [3.63, 3.8) is 0 Å². The maximum absolute atomic E-state index is 12.1. The van der Waals surface area contributed by atoms with Crippen molar-refractivity contribution in [1.82, 2.24) is 5.32 Å². The Hall–Kier alpha value is -0.570. The number of amides is 1. The number of rotatable bonds is 1. The van der Waals surface area contributed by atoms with Crippen LogP contribution >= 0.6 is 0 Å². The molecule has 0 saturated heterocycles. The first-order chi connectivity index (χ1) is 6.82. The van der Waals surface area contributed by atoms with E-state index in [1.807, 2.05) is 0 Å². The summed E-state index contributed by atoms with van der Waals surface area (Å²) in [6.45, 7) is 6.38. The van der Waals surface area contributed by atoms with Crippen molar-refractivity contribution in [2.24, 2.45) is 16.2 Å². The molecule has 2 aliphatic carbocycles. The largest absolute Gasteiger partial charge is 0.393 e. The topological polar surface area (TPSA) is 49.3 Å². The van der Waals surface area contributed by atoms with E-state index in [1.165, 1.54) is 0 Å². The van der Waals surface area contributed by atoms with Gasteiger partial charge in [0.05, 0.1) is 11.5 Å². The summed E-state index contributed by atoms with van der Waals surface area (Å²) in [7, 11) is 1.69. The average molecular weight is 211 g/mol. The van der Waals surface area contributed by atoms with Crippen molar-refractivity contribution in [2.75, 3.05) is 7.05 Å². The fraction of sp³-hybridized carbons (Fsp3) is 0.917. The van der Waals surface area contributed by atoms with Gasteiger partial charge in [-0.25, -0.2) is 0 Å². The number of carbonyl (C=O) groups excluding carboxylic acids is 1. The van der Waals surface area contributed by atoms with E-state index in [1.54, 1.807) is 7.05 Å². The number of nitrogens with one attached hydrogen (secondary N) is 1. The van der Waals surface area contributed by atoms with E-state index in [4.69, 9.17) is 0 Å². The third-order valence-corrected chi connectivity index (χ3v) is 5.63. The standard InChI is InChI=1S/C12H21NO2/c1-10(2)11(3)5-6-12(10,7-8(11)14)9(15)13-4/h8,14H,5-7H2,1-4H3,(H,13,15)/t8-,11+,12+/m0/s1. The Kier molecular flexibility index (Phi) is 2.01. The molecule has 0 spiro atoms. The fourth-order valence-electron chi connectivity index (χ4n) is 3.87. The number of hydrogen-bond acceptors (Lipinski definition) is 2. The molecule has 3 nitrogen and oxygen atoms in total. The monoisotopic (exact) mass is 211 g/mol. The van der Waals surface area contributed by atoms with Gasteiger partial charge in [-0.15, -0.1) is 0 Å². The number of carbonyl (C=O) groups is 1. The lowest BCUT2D eigenvalue weighted by Crippen LogP contribution is -2.45. The van der Waals surface area contributed by atoms with Gasteiger partial charge in [0.15, 0.2) is 0 Å². The van der Waals surface area contributed by atoms with Gasteiger partial charge in [0.1, 0.15) is 0 Å². The summed E-state index contributed by atoms with van der Waals surface area (Å²) in [6.07, 6.45) is 2.15. The molecule has 0 radical (unpaired) electrons. The van der Waals surface area contributed by atoms with Crippen LogP contribution in [0.2, 0.25) is 0 Å². The third kappa shape index (κ3) is 0.930. The minimum atomic E-state index is -0.351. The molecular weight excluding hydrogens is 190 g/mol. The molecule has 0 unspecified atom stereocenters. The van der Waals surface area contributed by atoms with Gasteiger partial charge in [0.2, 0.25) is 5.91 Å². The first-order valence-corrected chi connectivity index (χ1v) is 5.72. The summed E-state index contributed by atoms with van der Waals surface area (Å²) in [4.78, 5) is 12.1. The summed E-state index contributed by atoms with van der Waals surface area (Å²) in [6, 6.07) is 0. The molecule has 0 aliphatic heterocycles. The van der Waals surface area contributed by atoms with Gasteiger partial charge in [0, 0.05) is 7.05 Å². The van der Waals surface area contributed by atoms with Crippen LogP contribution in [0, 0.1) is 16.2 Å². The molecule has 2 fully saturated rings. The van der Waals surface area contributed by atoms with Crippen molar-refractivity contribution >= 4 is 5.91 Å². The van der Waals surface area contributed by atoms with E-state index in [-0.39, 0.29) is 28.3 Å². The second-order valence-electron chi connectivity index (χ2n) is 5.92. The van der Waals surface area contributed by atoms with Crippen molar-refractivity contribution in [2.45, 2.75) is 46.1 Å².